The Balaban J connectivity index is 0.877. The number of anilines is 9. The number of amides is 1. The second-order valence-electron chi connectivity index (χ2n) is 18.7. The third-order valence-corrected chi connectivity index (χ3v) is 16.9. The molecule has 0 unspecified atom stereocenters. The molecule has 0 spiro atoms. The Labute approximate surface area is 531 Å². The number of hydrazine groups is 1. The first-order valence-corrected chi connectivity index (χ1v) is 31.3. The fourth-order valence-corrected chi connectivity index (χ4v) is 12.1. The van der Waals surface area contributed by atoms with Gasteiger partial charge in [-0.3, -0.25) is 29.7 Å². The smallest absolute Gasteiger partial charge is 0.296 e. The van der Waals surface area contributed by atoms with Crippen LogP contribution in [-0.2, 0) is 53.1 Å². The number of carbonyl (C=O) groups excluding carboxylic acids is 1. The summed E-state index contributed by atoms with van der Waals surface area (Å²) in [5, 5.41) is 70.1. The summed E-state index contributed by atoms with van der Waals surface area (Å²) in [6, 6.07) is 17.1. The van der Waals surface area contributed by atoms with Crippen LogP contribution in [0.3, 0.4) is 0 Å². The normalized spacial score (nSPS) is 13.1. The summed E-state index contributed by atoms with van der Waals surface area (Å²) < 4.78 is 90.2. The highest BCUT2D eigenvalue weighted by atomic mass is 35.5. The van der Waals surface area contributed by atoms with Gasteiger partial charge in [-0.15, -0.1) is 18.1 Å². The van der Waals surface area contributed by atoms with Gasteiger partial charge in [0.2, 0.25) is 40.3 Å². The van der Waals surface area contributed by atoms with Gasteiger partial charge in [-0.2, -0.15) is 51.9 Å². The van der Waals surface area contributed by atoms with Crippen molar-refractivity contribution in [3.05, 3.63) is 94.5 Å². The number of aromatic nitrogens is 6. The molecule has 0 aliphatic carbocycles. The van der Waals surface area contributed by atoms with Crippen LogP contribution in [0.15, 0.2) is 108 Å². The van der Waals surface area contributed by atoms with E-state index in [-0.39, 0.29) is 100 Å². The van der Waals surface area contributed by atoms with Crippen molar-refractivity contribution < 1.29 is 84.5 Å². The molecule has 1 saturated heterocycles. The van der Waals surface area contributed by atoms with E-state index < -0.39 is 47.4 Å². The largest absolute Gasteiger partial charge is 0.505 e. The lowest BCUT2D eigenvalue weighted by Gasteiger charge is -2.34. The highest BCUT2D eigenvalue weighted by Crippen LogP contribution is 2.46. The lowest BCUT2D eigenvalue weighted by molar-refractivity contribution is -0.432. The predicted molar refractivity (Wildman–Crippen MR) is 329 cm³/mol. The Bertz CT molecular complexity index is 4280. The number of halogens is 2. The second kappa shape index (κ2) is 29.6. The van der Waals surface area contributed by atoms with Crippen molar-refractivity contribution in [1.82, 2.24) is 34.8 Å². The van der Waals surface area contributed by atoms with Gasteiger partial charge in [0, 0.05) is 72.8 Å². The lowest BCUT2D eigenvalue weighted by atomic mass is 10.1. The van der Waals surface area contributed by atoms with E-state index in [1.54, 1.807) is 25.1 Å². The van der Waals surface area contributed by atoms with Crippen molar-refractivity contribution in [2.24, 2.45) is 10.2 Å². The molecule has 0 bridgehead atoms. The maximum atomic E-state index is 12.9. The number of nitrogens with one attached hydrogen (secondary N) is 6. The Kier molecular flexibility index (Phi) is 21.9. The number of fused-ring (bicyclic) bond motifs is 2. The van der Waals surface area contributed by atoms with Gasteiger partial charge in [0.25, 0.3) is 20.2 Å². The molecular formula is C49H48Cl2N16O18S5. The minimum Gasteiger partial charge on any atom is -0.505 e. The van der Waals surface area contributed by atoms with Crippen LogP contribution in [0, 0.1) is 13.8 Å². The van der Waals surface area contributed by atoms with Crippen LogP contribution in [-0.4, -0.2) is 134 Å². The first-order chi connectivity index (χ1) is 43.0. The van der Waals surface area contributed by atoms with Crippen LogP contribution in [0.5, 0.6) is 11.5 Å². The van der Waals surface area contributed by atoms with E-state index in [0.717, 1.165) is 17.2 Å². The zero-order valence-electron chi connectivity index (χ0n) is 46.5. The van der Waals surface area contributed by atoms with E-state index in [0.29, 0.717) is 85.7 Å². The summed E-state index contributed by atoms with van der Waals surface area (Å²) in [6.07, 6.45) is 0. The Morgan fingerprint density at radius 2 is 1.33 bits per heavy atom. The van der Waals surface area contributed by atoms with Crippen LogP contribution >= 0.6 is 59.3 Å². The van der Waals surface area contributed by atoms with E-state index in [1.165, 1.54) is 62.6 Å². The molecule has 2 aromatic heterocycles. The zero-order valence-corrected chi connectivity index (χ0v) is 52.1. The summed E-state index contributed by atoms with van der Waals surface area (Å²) in [6.45, 7) is 7.65. The van der Waals surface area contributed by atoms with E-state index in [9.17, 15) is 35.8 Å². The topological polar surface area (TPSA) is 452 Å². The Morgan fingerprint density at radius 3 is 2.02 bits per heavy atom. The number of ether oxygens (including phenoxy) is 1. The number of methoxy groups -OCH3 is 1. The van der Waals surface area contributed by atoms with Crippen LogP contribution in [0.25, 0.3) is 21.5 Å². The molecule has 12 N–H and O–H groups in total. The average molecular weight is 1380 g/mol. The quantitative estimate of drug-likeness (QED) is 0.00568. The standard InChI is InChI=1S/C49H48Cl2N16O18S5/c1-23-14-34(38(15-24(23)2)88-85-82-72)64-65-42-40(90(76,77)78)17-26-16-28(86-83-80-70)20-35(41(26)43(42)69)55-47-57-44(50)56-46(60-47)52-8-9-66-10-12-67(13-11-66)49-59-45(51)58-48(61-49)54-33-21-31(53-25(3)68)32(22-36(33)79-4)63-62-27-18-30-29(37(19-27)87-84-81-71)6-5-7-39(30)89(73,74)75/h5-7,14-22,64-65,69-72H,8-13H2,1-4H3,(H,53,68)(H,73,74,75)(H,76,77,78)(H,54,58,59,61)(H2,52,55,56,57,60). The molecule has 8 aromatic rings. The van der Waals surface area contributed by atoms with Gasteiger partial charge in [0.15, 0.2) is 5.75 Å². The Morgan fingerprint density at radius 1 is 0.678 bits per heavy atom. The molecule has 41 heteroatoms. The van der Waals surface area contributed by atoms with Gasteiger partial charge < -0.3 is 36.0 Å². The number of aromatic hydroxyl groups is 1. The van der Waals surface area contributed by atoms with E-state index in [2.05, 4.69) is 105 Å². The first-order valence-electron chi connectivity index (χ1n) is 25.4. The molecule has 34 nitrogen and oxygen atoms in total. The molecule has 90 heavy (non-hydrogen) atoms. The number of phenols is 1. The molecule has 3 heterocycles. The number of carbonyl (C=O) groups is 1. The number of phenolic OH excluding ortho intramolecular Hbond substituents is 1. The maximum Gasteiger partial charge on any atom is 0.296 e. The van der Waals surface area contributed by atoms with Crippen LogP contribution in [0.4, 0.5) is 63.6 Å². The number of hydrogen-bond acceptors (Lipinski definition) is 34. The first kappa shape index (κ1) is 66.8. The van der Waals surface area contributed by atoms with Crippen LogP contribution in [0.1, 0.15) is 18.1 Å². The number of piperazine rings is 1. The fourth-order valence-electron chi connectivity index (χ4n) is 8.93. The number of azo groups is 1. The lowest BCUT2D eigenvalue weighted by Crippen LogP contribution is -2.48. The minimum atomic E-state index is -5.06. The number of benzene rings is 6. The predicted octanol–water partition coefficient (Wildman–Crippen LogP) is 10.3. The molecule has 0 radical (unpaired) electrons. The van der Waals surface area contributed by atoms with Crippen LogP contribution in [0.2, 0.25) is 10.6 Å². The number of rotatable bonds is 27. The average Bonchev–Trinajstić information content (AvgIpc) is 0.820. The molecule has 1 aliphatic heterocycles. The molecule has 1 amide bonds. The van der Waals surface area contributed by atoms with Crippen molar-refractivity contribution in [1.29, 1.82) is 0 Å². The zero-order chi connectivity index (χ0) is 64.4. The Hall–Kier alpha value is -7.62. The van der Waals surface area contributed by atoms with Gasteiger partial charge in [0.05, 0.1) is 76.6 Å². The molecule has 1 fully saturated rings. The number of aryl methyl sites for hydroxylation is 2. The van der Waals surface area contributed by atoms with Gasteiger partial charge >= 0.3 is 0 Å². The van der Waals surface area contributed by atoms with E-state index >= 15 is 0 Å². The fraction of sp³-hybridized carbons (Fsp3) is 0.204. The molecule has 1 aliphatic rings. The van der Waals surface area contributed by atoms with Gasteiger partial charge in [-0.25, -0.2) is 15.8 Å². The van der Waals surface area contributed by atoms with Gasteiger partial charge in [-0.05, 0) is 114 Å². The summed E-state index contributed by atoms with van der Waals surface area (Å²) in [5.41, 5.74) is 7.46. The second-order valence-corrected chi connectivity index (χ2v) is 24.4. The summed E-state index contributed by atoms with van der Waals surface area (Å²) in [4.78, 5) is 42.2. The van der Waals surface area contributed by atoms with E-state index in [1.807, 2.05) is 11.8 Å². The summed E-state index contributed by atoms with van der Waals surface area (Å²) in [5.74, 6) is -0.821. The third kappa shape index (κ3) is 16.7. The van der Waals surface area contributed by atoms with Crippen molar-refractivity contribution in [2.45, 2.75) is 45.2 Å². The number of nitrogens with zero attached hydrogens (tertiary/aromatic N) is 10. The molecular weight excluding hydrogens is 1330 g/mol. The van der Waals surface area contributed by atoms with Crippen molar-refractivity contribution in [2.75, 3.05) is 83.4 Å². The highest BCUT2D eigenvalue weighted by Gasteiger charge is 2.27. The molecule has 9 rings (SSSR count). The summed E-state index contributed by atoms with van der Waals surface area (Å²) >= 11 is 14.5. The van der Waals surface area contributed by atoms with Crippen molar-refractivity contribution in [3.63, 3.8) is 0 Å². The van der Waals surface area contributed by atoms with Crippen molar-refractivity contribution >= 4 is 171 Å². The molecule has 0 saturated carbocycles. The summed E-state index contributed by atoms with van der Waals surface area (Å²) in [7, 11) is -8.38. The monoisotopic (exact) mass is 1380 g/mol. The van der Waals surface area contributed by atoms with Crippen molar-refractivity contribution in [3.8, 4) is 11.5 Å². The molecule has 0 atom stereocenters. The SMILES string of the molecule is COc1cc(N=Nc2cc(SOOO)c3cccc(S(=O)(=O)O)c3c2)c(NC(C)=O)cc1Nc1nc(Cl)nc(N2CCN(CCNc3nc(Cl)nc(Nc4cc(SOOO)cc5cc(S(=O)(=O)O)c(NNc6cc(C)c(C)cc6SOOO)c(O)c45)n3)CC2)n1. The van der Waals surface area contributed by atoms with E-state index in [4.69, 9.17) is 43.7 Å². The number of hydrogen-bond donors (Lipinski definition) is 12. The molecule has 6 aromatic carbocycles. The highest BCUT2D eigenvalue weighted by molar-refractivity contribution is 7.95. The molecule has 476 valence electrons. The minimum absolute atomic E-state index is 0.0147. The van der Waals surface area contributed by atoms with Gasteiger partial charge in [-0.1, -0.05) is 27.2 Å². The van der Waals surface area contributed by atoms with Crippen LogP contribution < -0.4 is 41.8 Å². The van der Waals surface area contributed by atoms with Gasteiger partial charge in [0.1, 0.15) is 26.9 Å². The maximum absolute atomic E-state index is 12.9. The third-order valence-electron chi connectivity index (χ3n) is 13.0.